The first-order chi connectivity index (χ1) is 10.5. The molecule has 5 heteroatoms. The zero-order valence-corrected chi connectivity index (χ0v) is 12.9. The van der Waals surface area contributed by atoms with Crippen LogP contribution in [0.25, 0.3) is 5.57 Å². The molecule has 1 aliphatic carbocycles. The molecular weight excluding hydrogens is 278 g/mol. The topological polar surface area (TPSA) is 68.8 Å². The molecule has 1 aromatic rings. The average Bonchev–Trinajstić information content (AvgIpc) is 2.53. The number of nitriles is 1. The van der Waals surface area contributed by atoms with E-state index in [0.717, 1.165) is 11.1 Å². The molecule has 1 atom stereocenters. The van der Waals surface area contributed by atoms with E-state index in [1.54, 1.807) is 29.4 Å². The van der Waals surface area contributed by atoms with Gasteiger partial charge in [-0.05, 0) is 29.3 Å². The molecule has 0 spiro atoms. The quantitative estimate of drug-likeness (QED) is 0.685. The first kappa shape index (κ1) is 15.8. The van der Waals surface area contributed by atoms with Gasteiger partial charge < -0.3 is 14.7 Å². The summed E-state index contributed by atoms with van der Waals surface area (Å²) in [7, 11) is 5.25. The zero-order valence-electron chi connectivity index (χ0n) is 12.9. The highest BCUT2D eigenvalue weighted by molar-refractivity contribution is 5.72. The summed E-state index contributed by atoms with van der Waals surface area (Å²) < 4.78 is 5.50. The van der Waals surface area contributed by atoms with E-state index in [0.29, 0.717) is 12.1 Å². The van der Waals surface area contributed by atoms with Gasteiger partial charge in [0.15, 0.2) is 5.60 Å². The van der Waals surface area contributed by atoms with Crippen LogP contribution in [-0.2, 0) is 4.74 Å². The van der Waals surface area contributed by atoms with Gasteiger partial charge in [-0.15, -0.1) is 0 Å². The van der Waals surface area contributed by atoms with Crippen LogP contribution in [0.15, 0.2) is 47.1 Å². The van der Waals surface area contributed by atoms with Gasteiger partial charge in [0, 0.05) is 27.6 Å². The van der Waals surface area contributed by atoms with E-state index in [9.17, 15) is 10.4 Å². The van der Waals surface area contributed by atoms with E-state index < -0.39 is 5.60 Å². The van der Waals surface area contributed by atoms with E-state index in [1.165, 1.54) is 7.11 Å². The normalized spacial score (nSPS) is 21.2. The summed E-state index contributed by atoms with van der Waals surface area (Å²) in [4.78, 5) is 6.15. The Morgan fingerprint density at radius 3 is 2.55 bits per heavy atom. The van der Waals surface area contributed by atoms with E-state index in [-0.39, 0.29) is 5.75 Å². The van der Waals surface area contributed by atoms with Gasteiger partial charge in [0.1, 0.15) is 11.8 Å². The number of methoxy groups -OCH3 is 1. The highest BCUT2D eigenvalue weighted by Crippen LogP contribution is 2.37. The molecule has 1 unspecified atom stereocenters. The number of aromatic hydroxyl groups is 1. The number of nitrogens with zero attached hydrogens (tertiary/aromatic N) is 3. The molecule has 22 heavy (non-hydrogen) atoms. The Balaban J connectivity index is 2.41. The van der Waals surface area contributed by atoms with Gasteiger partial charge in [-0.3, -0.25) is 0 Å². The Kier molecular flexibility index (Phi) is 4.64. The van der Waals surface area contributed by atoms with Crippen molar-refractivity contribution >= 4 is 11.9 Å². The molecule has 0 fully saturated rings. The number of aliphatic imine (C=N–C) groups is 1. The smallest absolute Gasteiger partial charge is 0.200 e. The maximum Gasteiger partial charge on any atom is 0.200 e. The highest BCUT2D eigenvalue weighted by Gasteiger charge is 2.38. The number of phenolic OH excluding ortho intramolecular Hbond substituents is 1. The SMILES string of the molecule is COC1(C#N)CC(c2ccc(O)cc2)=CC=C1N=CN(C)C. The molecule has 0 saturated heterocycles. The van der Waals surface area contributed by atoms with Gasteiger partial charge in [-0.25, -0.2) is 4.99 Å². The Hall–Kier alpha value is -2.58. The Bertz CT molecular complexity index is 666. The van der Waals surface area contributed by atoms with Crippen molar-refractivity contribution in [1.82, 2.24) is 4.90 Å². The first-order valence-electron chi connectivity index (χ1n) is 6.88. The van der Waals surface area contributed by atoms with Crippen molar-refractivity contribution < 1.29 is 9.84 Å². The van der Waals surface area contributed by atoms with Gasteiger partial charge in [-0.1, -0.05) is 18.2 Å². The Labute approximate surface area is 130 Å². The maximum absolute atomic E-state index is 9.62. The number of phenols is 1. The molecule has 0 bridgehead atoms. The molecule has 0 saturated carbocycles. The molecule has 0 aliphatic heterocycles. The minimum absolute atomic E-state index is 0.213. The van der Waals surface area contributed by atoms with Gasteiger partial charge in [0.25, 0.3) is 0 Å². The lowest BCUT2D eigenvalue weighted by atomic mass is 9.84. The van der Waals surface area contributed by atoms with Gasteiger partial charge in [0.05, 0.1) is 12.0 Å². The third-order valence-corrected chi connectivity index (χ3v) is 3.49. The average molecular weight is 297 g/mol. The number of ether oxygens (including phenoxy) is 1. The van der Waals surface area contributed by atoms with Gasteiger partial charge in [0.2, 0.25) is 0 Å². The van der Waals surface area contributed by atoms with Crippen molar-refractivity contribution in [1.29, 1.82) is 5.26 Å². The Morgan fingerprint density at radius 2 is 2.00 bits per heavy atom. The third-order valence-electron chi connectivity index (χ3n) is 3.49. The standard InChI is InChI=1S/C17H19N3O2/c1-20(2)12-19-16-9-6-14(10-17(16,11-18)22-3)13-4-7-15(21)8-5-13/h4-9,12,21H,10H2,1-3H3. The van der Waals surface area contributed by atoms with Gasteiger partial charge in [-0.2, -0.15) is 5.26 Å². The second kappa shape index (κ2) is 6.46. The molecule has 0 heterocycles. The van der Waals surface area contributed by atoms with E-state index in [1.807, 2.05) is 32.3 Å². The summed E-state index contributed by atoms with van der Waals surface area (Å²) in [6, 6.07) is 9.13. The van der Waals surface area contributed by atoms with E-state index >= 15 is 0 Å². The summed E-state index contributed by atoms with van der Waals surface area (Å²) in [6.07, 6.45) is 5.79. The summed E-state index contributed by atoms with van der Waals surface area (Å²) in [5.74, 6) is 0.213. The largest absolute Gasteiger partial charge is 0.508 e. The lowest BCUT2D eigenvalue weighted by molar-refractivity contribution is 0.0730. The molecule has 5 nitrogen and oxygen atoms in total. The van der Waals surface area contributed by atoms with Crippen molar-refractivity contribution in [2.45, 2.75) is 12.0 Å². The van der Waals surface area contributed by atoms with Crippen LogP contribution < -0.4 is 0 Å². The van der Waals surface area contributed by atoms with Crippen molar-refractivity contribution in [2.75, 3.05) is 21.2 Å². The van der Waals surface area contributed by atoms with Crippen molar-refractivity contribution in [3.8, 4) is 11.8 Å². The van der Waals surface area contributed by atoms with Crippen LogP contribution in [0.3, 0.4) is 0 Å². The van der Waals surface area contributed by atoms with E-state index in [2.05, 4.69) is 11.1 Å². The second-order valence-corrected chi connectivity index (χ2v) is 5.32. The fourth-order valence-corrected chi connectivity index (χ4v) is 2.25. The molecule has 0 radical (unpaired) electrons. The van der Waals surface area contributed by atoms with Gasteiger partial charge >= 0.3 is 0 Å². The minimum atomic E-state index is -1.10. The van der Waals surface area contributed by atoms with E-state index in [4.69, 9.17) is 4.74 Å². The van der Waals surface area contributed by atoms with Crippen LogP contribution in [0.5, 0.6) is 5.75 Å². The van der Waals surface area contributed by atoms with Crippen LogP contribution >= 0.6 is 0 Å². The third kappa shape index (κ3) is 3.18. The molecule has 0 aromatic heterocycles. The number of allylic oxidation sites excluding steroid dienone is 2. The first-order valence-corrected chi connectivity index (χ1v) is 6.88. The second-order valence-electron chi connectivity index (χ2n) is 5.32. The van der Waals surface area contributed by atoms with Crippen LogP contribution in [-0.4, -0.2) is 43.2 Å². The van der Waals surface area contributed by atoms with Crippen LogP contribution in [0.4, 0.5) is 0 Å². The maximum atomic E-state index is 9.62. The zero-order chi connectivity index (χ0) is 16.2. The summed E-state index contributed by atoms with van der Waals surface area (Å²) in [5.41, 5.74) is 1.39. The molecular formula is C17H19N3O2. The predicted octanol–water partition coefficient (Wildman–Crippen LogP) is 2.56. The lowest BCUT2D eigenvalue weighted by Crippen LogP contribution is -2.33. The van der Waals surface area contributed by atoms with Crippen molar-refractivity contribution in [3.05, 3.63) is 47.7 Å². The summed E-state index contributed by atoms with van der Waals surface area (Å²) in [6.45, 7) is 0. The van der Waals surface area contributed by atoms with Crippen LogP contribution in [0.2, 0.25) is 0 Å². The number of hydrogen-bond donors (Lipinski definition) is 1. The summed E-state index contributed by atoms with van der Waals surface area (Å²) >= 11 is 0. The predicted molar refractivity (Wildman–Crippen MR) is 86.3 cm³/mol. The number of rotatable bonds is 4. The highest BCUT2D eigenvalue weighted by atomic mass is 16.5. The molecule has 1 aliphatic rings. The van der Waals surface area contributed by atoms with Crippen molar-refractivity contribution in [2.24, 2.45) is 4.99 Å². The number of benzene rings is 1. The molecule has 0 amide bonds. The minimum Gasteiger partial charge on any atom is -0.508 e. The molecule has 114 valence electrons. The molecule has 1 aromatic carbocycles. The number of hydrogen-bond acceptors (Lipinski definition) is 4. The molecule has 2 rings (SSSR count). The van der Waals surface area contributed by atoms with Crippen LogP contribution in [0.1, 0.15) is 12.0 Å². The monoisotopic (exact) mass is 297 g/mol. The van der Waals surface area contributed by atoms with Crippen molar-refractivity contribution in [3.63, 3.8) is 0 Å². The fraction of sp³-hybridized carbons (Fsp3) is 0.294. The van der Waals surface area contributed by atoms with Crippen LogP contribution in [0, 0.1) is 11.3 Å². The summed E-state index contributed by atoms with van der Waals surface area (Å²) in [5, 5.41) is 19.0. The molecule has 1 N–H and O–H groups in total. The lowest BCUT2D eigenvalue weighted by Gasteiger charge is -2.29. The Morgan fingerprint density at radius 1 is 1.32 bits per heavy atom. The fourth-order valence-electron chi connectivity index (χ4n) is 2.25.